The zero-order valence-corrected chi connectivity index (χ0v) is 11.7. The summed E-state index contributed by atoms with van der Waals surface area (Å²) >= 11 is 0. The second-order valence-electron chi connectivity index (χ2n) is 4.85. The van der Waals surface area contributed by atoms with E-state index in [1.54, 1.807) is 6.20 Å². The molecule has 0 bridgehead atoms. The van der Waals surface area contributed by atoms with Gasteiger partial charge in [-0.1, -0.05) is 24.8 Å². The molecule has 0 aliphatic carbocycles. The van der Waals surface area contributed by atoms with Crippen molar-refractivity contribution in [1.82, 2.24) is 20.2 Å². The van der Waals surface area contributed by atoms with Crippen LogP contribution in [0.5, 0.6) is 0 Å². The molecule has 2 N–H and O–H groups in total. The van der Waals surface area contributed by atoms with E-state index in [0.29, 0.717) is 23.8 Å². The fraction of sp³-hybridized carbons (Fsp3) is 0.267. The van der Waals surface area contributed by atoms with Crippen molar-refractivity contribution in [2.45, 2.75) is 0 Å². The van der Waals surface area contributed by atoms with Gasteiger partial charge in [-0.15, -0.1) is 0 Å². The summed E-state index contributed by atoms with van der Waals surface area (Å²) in [5, 5.41) is 6.13. The van der Waals surface area contributed by atoms with E-state index >= 15 is 0 Å². The van der Waals surface area contributed by atoms with Gasteiger partial charge in [0, 0.05) is 19.3 Å². The van der Waals surface area contributed by atoms with Crippen molar-refractivity contribution in [3.05, 3.63) is 51.3 Å². The third kappa shape index (κ3) is 2.91. The van der Waals surface area contributed by atoms with Crippen LogP contribution in [0.3, 0.4) is 0 Å². The van der Waals surface area contributed by atoms with Crippen molar-refractivity contribution in [1.29, 1.82) is 0 Å². The lowest BCUT2D eigenvalue weighted by molar-refractivity contribution is 0.0240. The van der Waals surface area contributed by atoms with Crippen LogP contribution in [0.4, 0.5) is 0 Å². The number of aromatic amines is 1. The summed E-state index contributed by atoms with van der Waals surface area (Å²) in [7, 11) is 0. The molecule has 0 saturated carbocycles. The fourth-order valence-electron chi connectivity index (χ4n) is 2.25. The average Bonchev–Trinajstić information content (AvgIpc) is 2.82. The summed E-state index contributed by atoms with van der Waals surface area (Å²) in [6.45, 7) is 6.87. The Morgan fingerprint density at radius 1 is 1.24 bits per heavy atom. The minimum absolute atomic E-state index is 0.119. The number of para-hydroxylation sites is 1. The van der Waals surface area contributed by atoms with E-state index in [2.05, 4.69) is 17.1 Å². The molecule has 1 aliphatic heterocycles. The van der Waals surface area contributed by atoms with E-state index in [1.807, 2.05) is 35.3 Å². The van der Waals surface area contributed by atoms with Crippen molar-refractivity contribution < 1.29 is 4.74 Å². The first kappa shape index (κ1) is 13.7. The highest BCUT2D eigenvalue weighted by Gasteiger charge is 2.09. The molecular weight excluding hydrogens is 268 g/mol. The maximum atomic E-state index is 12.4. The molecule has 6 heteroatoms. The topological polar surface area (TPSA) is 62.3 Å². The molecule has 1 saturated heterocycles. The van der Waals surface area contributed by atoms with Gasteiger partial charge in [0.15, 0.2) is 0 Å². The molecule has 0 amide bonds. The van der Waals surface area contributed by atoms with Crippen LogP contribution in [-0.2, 0) is 4.74 Å². The Hall–Kier alpha value is -2.31. The van der Waals surface area contributed by atoms with E-state index < -0.39 is 0 Å². The van der Waals surface area contributed by atoms with E-state index in [0.717, 1.165) is 18.8 Å². The van der Waals surface area contributed by atoms with E-state index in [-0.39, 0.29) is 5.56 Å². The van der Waals surface area contributed by atoms with Gasteiger partial charge in [0.2, 0.25) is 0 Å². The zero-order valence-electron chi connectivity index (χ0n) is 11.7. The largest absolute Gasteiger partial charge is 0.379 e. The highest BCUT2D eigenvalue weighted by molar-refractivity contribution is 5.31. The second-order valence-corrected chi connectivity index (χ2v) is 4.85. The number of ether oxygens (including phenoxy) is 1. The molecule has 1 aliphatic rings. The average molecular weight is 286 g/mol. The lowest BCUT2D eigenvalue weighted by atomic mass is 10.3. The number of rotatable bonds is 3. The monoisotopic (exact) mass is 286 g/mol. The Balaban J connectivity index is 1.91. The number of morpholine rings is 1. The van der Waals surface area contributed by atoms with Crippen LogP contribution in [0.25, 0.3) is 18.5 Å². The van der Waals surface area contributed by atoms with E-state index in [1.165, 1.54) is 4.68 Å². The summed E-state index contributed by atoms with van der Waals surface area (Å²) < 4.78 is 6.78. The first-order valence-electron chi connectivity index (χ1n) is 6.90. The first-order valence-corrected chi connectivity index (χ1v) is 6.90. The third-order valence-corrected chi connectivity index (χ3v) is 3.42. The van der Waals surface area contributed by atoms with E-state index in [4.69, 9.17) is 4.74 Å². The predicted octanol–water partition coefficient (Wildman–Crippen LogP) is -0.849. The van der Waals surface area contributed by atoms with Crippen LogP contribution in [0.2, 0.25) is 0 Å². The van der Waals surface area contributed by atoms with Gasteiger partial charge < -0.3 is 10.2 Å². The van der Waals surface area contributed by atoms with Gasteiger partial charge in [0.25, 0.3) is 5.56 Å². The van der Waals surface area contributed by atoms with Gasteiger partial charge in [0.1, 0.15) is 0 Å². The lowest BCUT2D eigenvalue weighted by Crippen LogP contribution is -2.46. The van der Waals surface area contributed by atoms with Gasteiger partial charge in [-0.3, -0.25) is 9.89 Å². The number of benzene rings is 1. The Labute approximate surface area is 121 Å². The molecule has 1 fully saturated rings. The SMILES string of the molecule is C=c1[nH]n(-c2ccccc2)c(=O)c1=CNN1CCOCC1. The molecule has 110 valence electrons. The Morgan fingerprint density at radius 2 is 1.95 bits per heavy atom. The second kappa shape index (κ2) is 5.99. The van der Waals surface area contributed by atoms with Crippen LogP contribution in [0, 0.1) is 0 Å². The van der Waals surface area contributed by atoms with Crippen LogP contribution in [-0.4, -0.2) is 41.1 Å². The van der Waals surface area contributed by atoms with Crippen LogP contribution < -0.4 is 21.6 Å². The molecule has 6 nitrogen and oxygen atoms in total. The number of H-pyrrole nitrogens is 1. The van der Waals surface area contributed by atoms with Crippen molar-refractivity contribution in [3.8, 4) is 5.69 Å². The quantitative estimate of drug-likeness (QED) is 0.772. The molecule has 0 radical (unpaired) electrons. The summed E-state index contributed by atoms with van der Waals surface area (Å²) in [6, 6.07) is 9.43. The Kier molecular flexibility index (Phi) is 3.89. The molecular formula is C15H18N4O2. The van der Waals surface area contributed by atoms with Crippen LogP contribution >= 0.6 is 0 Å². The summed E-state index contributed by atoms with van der Waals surface area (Å²) in [4.78, 5) is 12.4. The van der Waals surface area contributed by atoms with Gasteiger partial charge >= 0.3 is 0 Å². The third-order valence-electron chi connectivity index (χ3n) is 3.42. The number of nitrogens with zero attached hydrogens (tertiary/aromatic N) is 2. The van der Waals surface area contributed by atoms with Crippen molar-refractivity contribution >= 4 is 12.8 Å². The number of hydrogen-bond acceptors (Lipinski definition) is 4. The molecule has 2 aromatic rings. The molecule has 1 aromatic carbocycles. The van der Waals surface area contributed by atoms with Gasteiger partial charge in [-0.25, -0.2) is 9.69 Å². The maximum absolute atomic E-state index is 12.4. The van der Waals surface area contributed by atoms with Gasteiger partial charge in [0.05, 0.1) is 29.5 Å². The first-order chi connectivity index (χ1) is 10.3. The van der Waals surface area contributed by atoms with Crippen molar-refractivity contribution in [2.75, 3.05) is 26.3 Å². The smallest absolute Gasteiger partial charge is 0.280 e. The zero-order chi connectivity index (χ0) is 14.7. The Morgan fingerprint density at radius 3 is 2.67 bits per heavy atom. The molecule has 21 heavy (non-hydrogen) atoms. The number of aromatic nitrogens is 2. The molecule has 0 atom stereocenters. The lowest BCUT2D eigenvalue weighted by Gasteiger charge is -2.25. The minimum atomic E-state index is -0.119. The number of hydrazine groups is 1. The van der Waals surface area contributed by atoms with E-state index in [9.17, 15) is 4.79 Å². The van der Waals surface area contributed by atoms with Crippen LogP contribution in [0.1, 0.15) is 0 Å². The van der Waals surface area contributed by atoms with Gasteiger partial charge in [-0.05, 0) is 12.1 Å². The normalized spacial score (nSPS) is 17.0. The molecule has 0 spiro atoms. The summed E-state index contributed by atoms with van der Waals surface area (Å²) in [5.41, 5.74) is 3.81. The van der Waals surface area contributed by atoms with Crippen molar-refractivity contribution in [3.63, 3.8) is 0 Å². The van der Waals surface area contributed by atoms with Crippen molar-refractivity contribution in [2.24, 2.45) is 0 Å². The fourth-order valence-corrected chi connectivity index (χ4v) is 2.25. The molecule has 0 unspecified atom stereocenters. The molecule has 2 heterocycles. The number of hydrogen-bond donors (Lipinski definition) is 2. The van der Waals surface area contributed by atoms with Crippen LogP contribution in [0.15, 0.2) is 35.1 Å². The summed E-state index contributed by atoms with van der Waals surface area (Å²) in [5.74, 6) is 0. The standard InChI is InChI=1S/C15H18N4O2/c1-12-14(11-16-18-7-9-21-10-8-18)15(20)19(17-12)13-5-3-2-4-6-13/h2-6,11,16-17H,1,7-10H2. The predicted molar refractivity (Wildman–Crippen MR) is 81.2 cm³/mol. The maximum Gasteiger partial charge on any atom is 0.280 e. The highest BCUT2D eigenvalue weighted by Crippen LogP contribution is 1.99. The van der Waals surface area contributed by atoms with Gasteiger partial charge in [-0.2, -0.15) is 0 Å². The Bertz CT molecular complexity index is 757. The molecule has 1 aromatic heterocycles. The molecule has 3 rings (SSSR count). The summed E-state index contributed by atoms with van der Waals surface area (Å²) in [6.07, 6.45) is 1.70. The minimum Gasteiger partial charge on any atom is -0.379 e. The number of nitrogens with one attached hydrogen (secondary N) is 2. The highest BCUT2D eigenvalue weighted by atomic mass is 16.5.